The molecule has 3 rings (SSSR count). The predicted octanol–water partition coefficient (Wildman–Crippen LogP) is 5.32. The summed E-state index contributed by atoms with van der Waals surface area (Å²) in [7, 11) is 0. The zero-order valence-corrected chi connectivity index (χ0v) is 17.0. The van der Waals surface area contributed by atoms with E-state index in [9.17, 15) is 4.79 Å². The van der Waals surface area contributed by atoms with E-state index >= 15 is 0 Å². The Morgan fingerprint density at radius 2 is 1.85 bits per heavy atom. The van der Waals surface area contributed by atoms with Crippen LogP contribution in [0.4, 0.5) is 10.5 Å². The van der Waals surface area contributed by atoms with Gasteiger partial charge in [-0.25, -0.2) is 10.2 Å². The molecular weight excluding hydrogens is 404 g/mol. The number of carbonyl (C=O) groups is 1. The van der Waals surface area contributed by atoms with Crippen LogP contribution in [0, 0.1) is 20.8 Å². The van der Waals surface area contributed by atoms with Crippen LogP contribution in [-0.4, -0.2) is 16.8 Å². The number of urea groups is 1. The van der Waals surface area contributed by atoms with E-state index in [-0.39, 0.29) is 6.03 Å². The smallest absolute Gasteiger partial charge is 0.318 e. The molecule has 0 aliphatic heterocycles. The highest BCUT2D eigenvalue weighted by molar-refractivity contribution is 9.10. The number of hydrazone groups is 1. The summed E-state index contributed by atoms with van der Waals surface area (Å²) >= 11 is 3.51. The highest BCUT2D eigenvalue weighted by atomic mass is 79.9. The van der Waals surface area contributed by atoms with Gasteiger partial charge in [0.15, 0.2) is 0 Å². The number of nitrogens with zero attached hydrogens (tertiary/aromatic N) is 2. The first-order chi connectivity index (χ1) is 13.0. The van der Waals surface area contributed by atoms with Crippen LogP contribution in [0.25, 0.3) is 5.69 Å². The van der Waals surface area contributed by atoms with Crippen molar-refractivity contribution >= 4 is 33.9 Å². The predicted molar refractivity (Wildman–Crippen MR) is 114 cm³/mol. The molecule has 2 amide bonds. The van der Waals surface area contributed by atoms with Crippen molar-refractivity contribution in [1.82, 2.24) is 9.99 Å². The Kier molecular flexibility index (Phi) is 5.76. The number of amides is 2. The van der Waals surface area contributed by atoms with Crippen molar-refractivity contribution < 1.29 is 4.79 Å². The summed E-state index contributed by atoms with van der Waals surface area (Å²) in [5.41, 5.74) is 8.44. The minimum atomic E-state index is -0.374. The van der Waals surface area contributed by atoms with E-state index < -0.39 is 0 Å². The van der Waals surface area contributed by atoms with Gasteiger partial charge in [-0.2, -0.15) is 5.10 Å². The van der Waals surface area contributed by atoms with Crippen molar-refractivity contribution in [2.24, 2.45) is 5.10 Å². The van der Waals surface area contributed by atoms with E-state index in [4.69, 9.17) is 0 Å². The molecule has 5 nitrogen and oxygen atoms in total. The second-order valence-electron chi connectivity index (χ2n) is 6.28. The number of hydrogen-bond acceptors (Lipinski definition) is 2. The molecular formula is C21H21BrN4O. The van der Waals surface area contributed by atoms with Gasteiger partial charge in [-0.3, -0.25) is 0 Å². The Morgan fingerprint density at radius 1 is 1.07 bits per heavy atom. The lowest BCUT2D eigenvalue weighted by atomic mass is 10.2. The van der Waals surface area contributed by atoms with Crippen molar-refractivity contribution in [2.75, 3.05) is 5.32 Å². The summed E-state index contributed by atoms with van der Waals surface area (Å²) < 4.78 is 3.18. The summed E-state index contributed by atoms with van der Waals surface area (Å²) in [6.45, 7) is 6.02. The zero-order valence-electron chi connectivity index (χ0n) is 15.5. The van der Waals surface area contributed by atoms with Gasteiger partial charge in [0.25, 0.3) is 0 Å². The maximum absolute atomic E-state index is 12.0. The van der Waals surface area contributed by atoms with Crippen LogP contribution in [0.5, 0.6) is 0 Å². The zero-order chi connectivity index (χ0) is 19.4. The monoisotopic (exact) mass is 424 g/mol. The fraction of sp³-hybridized carbons (Fsp3) is 0.143. The van der Waals surface area contributed by atoms with Gasteiger partial charge in [-0.05, 0) is 56.7 Å². The normalized spacial score (nSPS) is 11.0. The summed E-state index contributed by atoms with van der Waals surface area (Å²) in [4.78, 5) is 12.0. The highest BCUT2D eigenvalue weighted by Crippen LogP contribution is 2.22. The van der Waals surface area contributed by atoms with Gasteiger partial charge in [0.05, 0.1) is 6.21 Å². The first-order valence-electron chi connectivity index (χ1n) is 8.56. The fourth-order valence-electron chi connectivity index (χ4n) is 2.95. The largest absolute Gasteiger partial charge is 0.339 e. The molecule has 0 atom stereocenters. The lowest BCUT2D eigenvalue weighted by Crippen LogP contribution is -2.24. The van der Waals surface area contributed by atoms with Gasteiger partial charge in [0.1, 0.15) is 0 Å². The molecule has 1 aromatic heterocycles. The number of rotatable bonds is 4. The molecule has 0 spiro atoms. The Balaban J connectivity index is 1.72. The number of hydrogen-bond donors (Lipinski definition) is 2. The van der Waals surface area contributed by atoms with Crippen LogP contribution >= 0.6 is 15.9 Å². The number of nitrogens with one attached hydrogen (secondary N) is 2. The molecule has 2 aromatic carbocycles. The number of para-hydroxylation sites is 1. The maximum atomic E-state index is 12.0. The van der Waals surface area contributed by atoms with Crippen LogP contribution in [0.1, 0.15) is 22.5 Å². The number of anilines is 1. The summed E-state index contributed by atoms with van der Waals surface area (Å²) in [5.74, 6) is 0. The third-order valence-corrected chi connectivity index (χ3v) is 4.79. The van der Waals surface area contributed by atoms with Crippen molar-refractivity contribution in [3.8, 4) is 5.69 Å². The molecule has 0 aliphatic rings. The van der Waals surface area contributed by atoms with Crippen LogP contribution in [0.3, 0.4) is 0 Å². The van der Waals surface area contributed by atoms with Crippen molar-refractivity contribution in [3.63, 3.8) is 0 Å². The molecule has 6 heteroatoms. The first kappa shape index (κ1) is 18.9. The molecule has 0 saturated carbocycles. The molecule has 0 unspecified atom stereocenters. The Morgan fingerprint density at radius 3 is 2.59 bits per heavy atom. The van der Waals surface area contributed by atoms with Crippen LogP contribution in [0.15, 0.2) is 64.2 Å². The second-order valence-corrected chi connectivity index (χ2v) is 7.20. The van der Waals surface area contributed by atoms with Crippen molar-refractivity contribution in [1.29, 1.82) is 0 Å². The van der Waals surface area contributed by atoms with Crippen molar-refractivity contribution in [2.45, 2.75) is 20.8 Å². The summed E-state index contributed by atoms with van der Waals surface area (Å²) in [6, 6.07) is 17.4. The van der Waals surface area contributed by atoms with E-state index in [1.54, 1.807) is 6.21 Å². The average molecular weight is 425 g/mol. The van der Waals surface area contributed by atoms with Gasteiger partial charge in [0, 0.05) is 32.8 Å². The van der Waals surface area contributed by atoms with Gasteiger partial charge in [-0.15, -0.1) is 0 Å². The SMILES string of the molecule is Cc1ccccc1NC(=O)NN=Cc1cc(C)n(-c2cccc(Br)c2)c1C. The third-order valence-electron chi connectivity index (χ3n) is 4.30. The number of benzene rings is 2. The molecule has 0 fully saturated rings. The number of halogens is 1. The topological polar surface area (TPSA) is 58.4 Å². The molecule has 138 valence electrons. The Labute approximate surface area is 167 Å². The van der Waals surface area contributed by atoms with E-state index in [0.29, 0.717) is 0 Å². The quantitative estimate of drug-likeness (QED) is 0.431. The van der Waals surface area contributed by atoms with Crippen molar-refractivity contribution in [3.05, 3.63) is 81.6 Å². The first-order valence-corrected chi connectivity index (χ1v) is 9.35. The molecule has 0 bridgehead atoms. The Bertz CT molecular complexity index is 1010. The Hall–Kier alpha value is -2.86. The standard InChI is InChI=1S/C21H21BrN4O/c1-14-7-4-5-10-20(14)24-21(27)25-23-13-17-11-15(2)26(16(17)3)19-9-6-8-18(22)12-19/h4-13H,1-3H3,(H2,24,25,27). The van der Waals surface area contributed by atoms with E-state index in [2.05, 4.69) is 48.5 Å². The number of carbonyl (C=O) groups excluding carboxylic acids is 1. The van der Waals surface area contributed by atoms with Gasteiger partial charge in [-0.1, -0.05) is 40.2 Å². The van der Waals surface area contributed by atoms with Crippen LogP contribution in [0.2, 0.25) is 0 Å². The third kappa shape index (κ3) is 4.46. The number of aromatic nitrogens is 1. The summed E-state index contributed by atoms with van der Waals surface area (Å²) in [6.07, 6.45) is 1.66. The minimum Gasteiger partial charge on any atom is -0.318 e. The molecule has 0 saturated heterocycles. The van der Waals surface area contributed by atoms with Gasteiger partial charge >= 0.3 is 6.03 Å². The van der Waals surface area contributed by atoms with Crippen LogP contribution in [-0.2, 0) is 0 Å². The minimum absolute atomic E-state index is 0.374. The van der Waals surface area contributed by atoms with E-state index in [0.717, 1.165) is 38.4 Å². The molecule has 1 heterocycles. The van der Waals surface area contributed by atoms with Crippen LogP contribution < -0.4 is 10.7 Å². The highest BCUT2D eigenvalue weighted by Gasteiger charge is 2.10. The molecule has 0 radical (unpaired) electrons. The molecule has 3 aromatic rings. The molecule has 2 N–H and O–H groups in total. The maximum Gasteiger partial charge on any atom is 0.339 e. The van der Waals surface area contributed by atoms with E-state index in [1.165, 1.54) is 0 Å². The van der Waals surface area contributed by atoms with E-state index in [1.807, 2.05) is 63.2 Å². The average Bonchev–Trinajstić information content (AvgIpc) is 2.91. The molecule has 0 aliphatic carbocycles. The number of aryl methyl sites for hydroxylation is 2. The molecule has 27 heavy (non-hydrogen) atoms. The summed E-state index contributed by atoms with van der Waals surface area (Å²) in [5, 5.41) is 6.87. The lowest BCUT2D eigenvalue weighted by molar-refractivity contribution is 0.252. The van der Waals surface area contributed by atoms with Gasteiger partial charge < -0.3 is 9.88 Å². The fourth-order valence-corrected chi connectivity index (χ4v) is 3.34. The lowest BCUT2D eigenvalue weighted by Gasteiger charge is -2.10. The van der Waals surface area contributed by atoms with Gasteiger partial charge in [0.2, 0.25) is 0 Å². The second kappa shape index (κ2) is 8.22.